The Kier molecular flexibility index (Phi) is 4.82. The second kappa shape index (κ2) is 5.76. The van der Waals surface area contributed by atoms with Crippen molar-refractivity contribution in [2.24, 2.45) is 11.1 Å². The second-order valence-electron chi connectivity index (χ2n) is 5.57. The van der Waals surface area contributed by atoms with Gasteiger partial charge in [-0.15, -0.1) is 0 Å². The quantitative estimate of drug-likeness (QED) is 0.877. The smallest absolute Gasteiger partial charge is 0.159 e. The number of benzene rings is 1. The molecule has 0 aliphatic heterocycles. The lowest BCUT2D eigenvalue weighted by molar-refractivity contribution is 0.128. The van der Waals surface area contributed by atoms with Crippen molar-refractivity contribution in [2.75, 3.05) is 20.6 Å². The maximum Gasteiger partial charge on any atom is 0.159 e. The molecule has 2 N–H and O–H groups in total. The molecule has 2 nitrogen and oxygen atoms in total. The lowest BCUT2D eigenvalue weighted by Crippen LogP contribution is -2.35. The Morgan fingerprint density at radius 3 is 2.28 bits per heavy atom. The van der Waals surface area contributed by atoms with Crippen molar-refractivity contribution in [1.29, 1.82) is 0 Å². The maximum atomic E-state index is 13.4. The van der Waals surface area contributed by atoms with Crippen molar-refractivity contribution in [3.05, 3.63) is 35.4 Å². The minimum Gasteiger partial charge on any atom is -0.330 e. The van der Waals surface area contributed by atoms with Crippen molar-refractivity contribution in [3.8, 4) is 0 Å². The Hall–Kier alpha value is -1.00. The van der Waals surface area contributed by atoms with Crippen molar-refractivity contribution < 1.29 is 8.78 Å². The predicted molar refractivity (Wildman–Crippen MR) is 70.2 cm³/mol. The minimum absolute atomic E-state index is 0.00356. The van der Waals surface area contributed by atoms with Gasteiger partial charge >= 0.3 is 0 Å². The van der Waals surface area contributed by atoms with Gasteiger partial charge < -0.3 is 10.6 Å². The van der Waals surface area contributed by atoms with Crippen LogP contribution in [0.25, 0.3) is 0 Å². The van der Waals surface area contributed by atoms with E-state index in [2.05, 4.69) is 13.8 Å². The van der Waals surface area contributed by atoms with Gasteiger partial charge in [-0.1, -0.05) is 19.9 Å². The van der Waals surface area contributed by atoms with Gasteiger partial charge in [-0.2, -0.15) is 0 Å². The van der Waals surface area contributed by atoms with E-state index in [1.54, 1.807) is 6.07 Å². The van der Waals surface area contributed by atoms with Crippen LogP contribution in [-0.4, -0.2) is 25.5 Å². The Labute approximate surface area is 108 Å². The summed E-state index contributed by atoms with van der Waals surface area (Å²) in [6, 6.07) is 4.09. The van der Waals surface area contributed by atoms with Gasteiger partial charge in [0.1, 0.15) is 0 Å². The van der Waals surface area contributed by atoms with Crippen molar-refractivity contribution in [1.82, 2.24) is 4.90 Å². The summed E-state index contributed by atoms with van der Waals surface area (Å²) < 4.78 is 26.4. The Morgan fingerprint density at radius 1 is 1.22 bits per heavy atom. The monoisotopic (exact) mass is 256 g/mol. The van der Waals surface area contributed by atoms with Gasteiger partial charge in [-0.25, -0.2) is 8.78 Å². The summed E-state index contributed by atoms with van der Waals surface area (Å²) in [6.45, 7) is 4.75. The first-order valence-corrected chi connectivity index (χ1v) is 6.11. The molecule has 0 saturated carbocycles. The van der Waals surface area contributed by atoms with Crippen LogP contribution in [0.3, 0.4) is 0 Å². The summed E-state index contributed by atoms with van der Waals surface area (Å²) in [5, 5.41) is 0. The average Bonchev–Trinajstić information content (AvgIpc) is 2.22. The molecule has 1 atom stereocenters. The number of hydrogen-bond acceptors (Lipinski definition) is 2. The van der Waals surface area contributed by atoms with E-state index in [1.807, 2.05) is 19.0 Å². The molecule has 0 aromatic heterocycles. The molecule has 0 amide bonds. The fourth-order valence-electron chi connectivity index (χ4n) is 2.64. The Balaban J connectivity index is 3.16. The van der Waals surface area contributed by atoms with Gasteiger partial charge in [0.15, 0.2) is 11.6 Å². The van der Waals surface area contributed by atoms with Crippen molar-refractivity contribution in [2.45, 2.75) is 26.3 Å². The van der Waals surface area contributed by atoms with Crippen LogP contribution in [0.5, 0.6) is 0 Å². The molecule has 18 heavy (non-hydrogen) atoms. The molecular formula is C14H22F2N2. The van der Waals surface area contributed by atoms with Gasteiger partial charge in [0.25, 0.3) is 0 Å². The molecule has 0 bridgehead atoms. The fourth-order valence-corrected chi connectivity index (χ4v) is 2.64. The van der Waals surface area contributed by atoms with Crippen LogP contribution in [0.1, 0.15) is 31.9 Å². The number of rotatable bonds is 5. The molecule has 4 heteroatoms. The number of hydrogen-bond donors (Lipinski definition) is 1. The lowest BCUT2D eigenvalue weighted by atomic mass is 9.77. The van der Waals surface area contributed by atoms with Gasteiger partial charge in [0.2, 0.25) is 0 Å². The minimum atomic E-state index is -0.812. The molecule has 102 valence electrons. The molecule has 0 spiro atoms. The Morgan fingerprint density at radius 2 is 1.83 bits per heavy atom. The molecule has 0 radical (unpaired) electrons. The highest BCUT2D eigenvalue weighted by molar-refractivity contribution is 5.23. The third kappa shape index (κ3) is 3.27. The number of halogens is 2. The number of nitrogens with two attached hydrogens (primary N) is 1. The standard InChI is InChI=1S/C14H22F2N2/c1-14(2,7-8-17)13(18(3)4)10-5-6-11(15)12(16)9-10/h5-6,9,13H,7-8,17H2,1-4H3. The van der Waals surface area contributed by atoms with E-state index in [0.717, 1.165) is 12.0 Å². The summed E-state index contributed by atoms with van der Waals surface area (Å²) >= 11 is 0. The maximum absolute atomic E-state index is 13.4. The molecular weight excluding hydrogens is 234 g/mol. The highest BCUT2D eigenvalue weighted by atomic mass is 19.2. The summed E-state index contributed by atoms with van der Waals surface area (Å²) in [6.07, 6.45) is 0.814. The number of nitrogens with zero attached hydrogens (tertiary/aromatic N) is 1. The van der Waals surface area contributed by atoms with E-state index in [9.17, 15) is 8.78 Å². The highest BCUT2D eigenvalue weighted by Crippen LogP contribution is 2.39. The van der Waals surface area contributed by atoms with E-state index in [1.165, 1.54) is 12.1 Å². The zero-order valence-electron chi connectivity index (χ0n) is 11.5. The molecule has 1 aromatic rings. The van der Waals surface area contributed by atoms with E-state index >= 15 is 0 Å². The molecule has 0 saturated heterocycles. The Bertz CT molecular complexity index is 403. The fraction of sp³-hybridized carbons (Fsp3) is 0.571. The zero-order valence-corrected chi connectivity index (χ0v) is 11.5. The summed E-state index contributed by atoms with van der Waals surface area (Å²) in [5.74, 6) is -1.62. The first-order valence-electron chi connectivity index (χ1n) is 6.11. The third-order valence-electron chi connectivity index (χ3n) is 3.30. The third-order valence-corrected chi connectivity index (χ3v) is 3.30. The topological polar surface area (TPSA) is 29.3 Å². The highest BCUT2D eigenvalue weighted by Gasteiger charge is 2.32. The van der Waals surface area contributed by atoms with Crippen LogP contribution >= 0.6 is 0 Å². The van der Waals surface area contributed by atoms with Crippen LogP contribution in [-0.2, 0) is 0 Å². The van der Waals surface area contributed by atoms with Crippen LogP contribution in [0.4, 0.5) is 8.78 Å². The first-order chi connectivity index (χ1) is 8.29. The first kappa shape index (κ1) is 15.1. The predicted octanol–water partition coefficient (Wildman–Crippen LogP) is 2.94. The molecule has 0 fully saturated rings. The normalized spacial score (nSPS) is 14.0. The molecule has 0 aliphatic rings. The summed E-state index contributed by atoms with van der Waals surface area (Å²) in [4.78, 5) is 2.02. The van der Waals surface area contributed by atoms with Gasteiger partial charge in [0, 0.05) is 6.04 Å². The summed E-state index contributed by atoms with van der Waals surface area (Å²) in [5.41, 5.74) is 6.30. The van der Waals surface area contributed by atoms with Crippen LogP contribution < -0.4 is 5.73 Å². The zero-order chi connectivity index (χ0) is 13.9. The largest absolute Gasteiger partial charge is 0.330 e. The summed E-state index contributed by atoms with van der Waals surface area (Å²) in [7, 11) is 3.87. The second-order valence-corrected chi connectivity index (χ2v) is 5.57. The molecule has 0 aliphatic carbocycles. The van der Waals surface area contributed by atoms with E-state index in [4.69, 9.17) is 5.73 Å². The van der Waals surface area contributed by atoms with E-state index in [0.29, 0.717) is 6.54 Å². The molecule has 1 aromatic carbocycles. The van der Waals surface area contributed by atoms with Crippen LogP contribution in [0, 0.1) is 17.0 Å². The molecule has 0 heterocycles. The van der Waals surface area contributed by atoms with E-state index in [-0.39, 0.29) is 11.5 Å². The molecule has 1 unspecified atom stereocenters. The SMILES string of the molecule is CN(C)C(c1ccc(F)c(F)c1)C(C)(C)CCN. The average molecular weight is 256 g/mol. The van der Waals surface area contributed by atoms with Crippen molar-refractivity contribution >= 4 is 0 Å². The van der Waals surface area contributed by atoms with Crippen LogP contribution in [0.2, 0.25) is 0 Å². The van der Waals surface area contributed by atoms with Crippen LogP contribution in [0.15, 0.2) is 18.2 Å². The van der Waals surface area contributed by atoms with E-state index < -0.39 is 11.6 Å². The lowest BCUT2D eigenvalue weighted by Gasteiger charge is -2.39. The van der Waals surface area contributed by atoms with Gasteiger partial charge in [-0.3, -0.25) is 0 Å². The van der Waals surface area contributed by atoms with Gasteiger partial charge in [-0.05, 0) is 50.2 Å². The molecule has 1 rings (SSSR count). The van der Waals surface area contributed by atoms with Gasteiger partial charge in [0.05, 0.1) is 0 Å². The van der Waals surface area contributed by atoms with Crippen molar-refractivity contribution in [3.63, 3.8) is 0 Å².